The molecule has 1 aromatic heterocycles. The molecule has 2 aromatic rings. The van der Waals surface area contributed by atoms with Gasteiger partial charge in [-0.3, -0.25) is 0 Å². The smallest absolute Gasteiger partial charge is 0.123 e. The van der Waals surface area contributed by atoms with Crippen molar-refractivity contribution in [3.8, 4) is 10.6 Å². The lowest BCUT2D eigenvalue weighted by Gasteiger charge is -1.92. The normalized spacial score (nSPS) is 10.2. The number of benzene rings is 1. The zero-order chi connectivity index (χ0) is 9.10. The van der Waals surface area contributed by atoms with Crippen LogP contribution in [-0.2, 0) is 6.61 Å². The summed E-state index contributed by atoms with van der Waals surface area (Å²) in [6.07, 6.45) is 0. The van der Waals surface area contributed by atoms with Crippen LogP contribution in [-0.4, -0.2) is 10.1 Å². The summed E-state index contributed by atoms with van der Waals surface area (Å²) in [4.78, 5) is 4.25. The van der Waals surface area contributed by atoms with Gasteiger partial charge in [0, 0.05) is 10.9 Å². The number of aliphatic hydroxyl groups excluding tert-OH is 1. The summed E-state index contributed by atoms with van der Waals surface area (Å²) >= 11 is 1.54. The first kappa shape index (κ1) is 8.41. The van der Waals surface area contributed by atoms with Gasteiger partial charge in [0.05, 0.1) is 12.3 Å². The third-order valence-corrected chi connectivity index (χ3v) is 2.62. The Hall–Kier alpha value is -1.19. The summed E-state index contributed by atoms with van der Waals surface area (Å²) in [6, 6.07) is 10.6. The van der Waals surface area contributed by atoms with Crippen molar-refractivity contribution in [3.63, 3.8) is 0 Å². The van der Waals surface area contributed by atoms with Crippen molar-refractivity contribution >= 4 is 11.3 Å². The molecule has 0 unspecified atom stereocenters. The molecule has 2 nitrogen and oxygen atoms in total. The number of aromatic nitrogens is 1. The minimum Gasteiger partial charge on any atom is -0.390 e. The van der Waals surface area contributed by atoms with E-state index < -0.39 is 0 Å². The lowest BCUT2D eigenvalue weighted by molar-refractivity contribution is 0.278. The topological polar surface area (TPSA) is 33.1 Å². The summed E-state index contributed by atoms with van der Waals surface area (Å²) in [5.74, 6) is 0. The average Bonchev–Trinajstić information content (AvgIpc) is 2.67. The first-order chi connectivity index (χ1) is 6.40. The second kappa shape index (κ2) is 3.68. The molecule has 0 amide bonds. The fourth-order valence-electron chi connectivity index (χ4n) is 1.04. The minimum atomic E-state index is 0.00938. The molecular formula is C10H8NOS. The van der Waals surface area contributed by atoms with Gasteiger partial charge >= 0.3 is 0 Å². The van der Waals surface area contributed by atoms with Crippen LogP contribution in [0.25, 0.3) is 10.6 Å². The quantitative estimate of drug-likeness (QED) is 0.786. The van der Waals surface area contributed by atoms with Gasteiger partial charge in [-0.25, -0.2) is 4.98 Å². The van der Waals surface area contributed by atoms with E-state index in [1.54, 1.807) is 11.3 Å². The molecule has 0 bridgehead atoms. The Bertz CT molecular complexity index is 383. The third kappa shape index (κ3) is 1.76. The van der Waals surface area contributed by atoms with E-state index in [2.05, 4.69) is 11.1 Å². The molecule has 1 aromatic carbocycles. The molecule has 65 valence electrons. The molecule has 1 radical (unpaired) electrons. The molecule has 3 heteroatoms. The van der Waals surface area contributed by atoms with Crippen molar-refractivity contribution in [1.82, 2.24) is 4.98 Å². The molecule has 1 heterocycles. The van der Waals surface area contributed by atoms with E-state index in [-0.39, 0.29) is 6.61 Å². The number of aliphatic hydroxyl groups is 1. The summed E-state index contributed by atoms with van der Waals surface area (Å²) in [7, 11) is 0. The number of hydrogen-bond acceptors (Lipinski definition) is 3. The van der Waals surface area contributed by atoms with Crippen molar-refractivity contribution in [2.24, 2.45) is 0 Å². The average molecular weight is 190 g/mol. The van der Waals surface area contributed by atoms with Gasteiger partial charge in [-0.05, 0) is 6.07 Å². The van der Waals surface area contributed by atoms with Crippen LogP contribution in [0, 0.1) is 6.07 Å². The van der Waals surface area contributed by atoms with Gasteiger partial charge in [-0.15, -0.1) is 11.3 Å². The molecule has 2 rings (SSSR count). The maximum Gasteiger partial charge on any atom is 0.123 e. The van der Waals surface area contributed by atoms with Crippen LogP contribution in [0.15, 0.2) is 29.6 Å². The van der Waals surface area contributed by atoms with E-state index in [4.69, 9.17) is 5.11 Å². The zero-order valence-corrected chi connectivity index (χ0v) is 7.71. The van der Waals surface area contributed by atoms with Crippen molar-refractivity contribution in [2.75, 3.05) is 0 Å². The van der Waals surface area contributed by atoms with Gasteiger partial charge in [-0.1, -0.05) is 24.3 Å². The maximum absolute atomic E-state index is 8.84. The lowest BCUT2D eigenvalue weighted by atomic mass is 10.2. The van der Waals surface area contributed by atoms with Gasteiger partial charge in [0.25, 0.3) is 0 Å². The molecule has 0 fully saturated rings. The molecule has 0 saturated heterocycles. The van der Waals surface area contributed by atoms with Crippen molar-refractivity contribution < 1.29 is 5.11 Å². The van der Waals surface area contributed by atoms with Crippen LogP contribution in [0.3, 0.4) is 0 Å². The molecular weight excluding hydrogens is 182 g/mol. The summed E-state index contributed by atoms with van der Waals surface area (Å²) < 4.78 is 0. The van der Waals surface area contributed by atoms with Gasteiger partial charge in [0.2, 0.25) is 0 Å². The van der Waals surface area contributed by atoms with Crippen LogP contribution in [0.5, 0.6) is 0 Å². The predicted octanol–water partition coefficient (Wildman–Crippen LogP) is 2.10. The van der Waals surface area contributed by atoms with Crippen LogP contribution in [0.2, 0.25) is 0 Å². The molecule has 0 aliphatic carbocycles. The van der Waals surface area contributed by atoms with Gasteiger partial charge in [0.1, 0.15) is 5.01 Å². The summed E-state index contributed by atoms with van der Waals surface area (Å²) in [5, 5.41) is 11.6. The Morgan fingerprint density at radius 1 is 1.38 bits per heavy atom. The van der Waals surface area contributed by atoms with Crippen LogP contribution in [0.1, 0.15) is 5.69 Å². The van der Waals surface area contributed by atoms with E-state index in [0.29, 0.717) is 0 Å². The van der Waals surface area contributed by atoms with Crippen molar-refractivity contribution in [2.45, 2.75) is 6.61 Å². The Morgan fingerprint density at radius 2 is 2.15 bits per heavy atom. The molecule has 0 spiro atoms. The van der Waals surface area contributed by atoms with E-state index in [1.165, 1.54) is 0 Å². The Balaban J connectivity index is 2.36. The van der Waals surface area contributed by atoms with Crippen molar-refractivity contribution in [3.05, 3.63) is 41.4 Å². The number of thiazole rings is 1. The highest BCUT2D eigenvalue weighted by Gasteiger charge is 2.02. The molecule has 0 aliphatic rings. The van der Waals surface area contributed by atoms with E-state index in [0.717, 1.165) is 16.3 Å². The predicted molar refractivity (Wildman–Crippen MR) is 52.3 cm³/mol. The van der Waals surface area contributed by atoms with E-state index in [1.807, 2.05) is 29.6 Å². The first-order valence-electron chi connectivity index (χ1n) is 3.92. The number of nitrogens with zero attached hydrogens (tertiary/aromatic N) is 1. The highest BCUT2D eigenvalue weighted by Crippen LogP contribution is 2.22. The largest absolute Gasteiger partial charge is 0.390 e. The Labute approximate surface area is 80.5 Å². The summed E-state index contributed by atoms with van der Waals surface area (Å²) in [6.45, 7) is 0.00938. The lowest BCUT2D eigenvalue weighted by Crippen LogP contribution is -1.82. The number of hydrogen-bond donors (Lipinski definition) is 1. The van der Waals surface area contributed by atoms with Crippen LogP contribution >= 0.6 is 11.3 Å². The van der Waals surface area contributed by atoms with Crippen LogP contribution in [0.4, 0.5) is 0 Å². The first-order valence-corrected chi connectivity index (χ1v) is 4.80. The SMILES string of the molecule is OCc1csc(-c2cc[c]cc2)n1. The fraction of sp³-hybridized carbons (Fsp3) is 0.100. The fourth-order valence-corrected chi connectivity index (χ4v) is 1.86. The van der Waals surface area contributed by atoms with Gasteiger partial charge in [0.15, 0.2) is 0 Å². The van der Waals surface area contributed by atoms with Gasteiger partial charge in [-0.2, -0.15) is 0 Å². The van der Waals surface area contributed by atoms with Crippen molar-refractivity contribution in [1.29, 1.82) is 0 Å². The Morgan fingerprint density at radius 3 is 2.77 bits per heavy atom. The second-order valence-electron chi connectivity index (χ2n) is 2.59. The highest BCUT2D eigenvalue weighted by atomic mass is 32.1. The molecule has 13 heavy (non-hydrogen) atoms. The van der Waals surface area contributed by atoms with E-state index >= 15 is 0 Å². The maximum atomic E-state index is 8.84. The molecule has 0 atom stereocenters. The molecule has 1 N–H and O–H groups in total. The third-order valence-electron chi connectivity index (χ3n) is 1.68. The second-order valence-corrected chi connectivity index (χ2v) is 3.45. The molecule has 0 saturated carbocycles. The monoisotopic (exact) mass is 190 g/mol. The summed E-state index contributed by atoms with van der Waals surface area (Å²) in [5.41, 5.74) is 1.80. The highest BCUT2D eigenvalue weighted by molar-refractivity contribution is 7.13. The number of rotatable bonds is 2. The minimum absolute atomic E-state index is 0.00938. The Kier molecular flexibility index (Phi) is 2.38. The van der Waals surface area contributed by atoms with Crippen LogP contribution < -0.4 is 0 Å². The zero-order valence-electron chi connectivity index (χ0n) is 6.90. The van der Waals surface area contributed by atoms with E-state index in [9.17, 15) is 0 Å². The van der Waals surface area contributed by atoms with Gasteiger partial charge < -0.3 is 5.11 Å². The standard InChI is InChI=1S/C10H8NOS/c12-6-9-7-13-10(11-9)8-4-2-1-3-5-8/h2-5,7,12H,6H2. The molecule has 0 aliphatic heterocycles.